The third-order valence-corrected chi connectivity index (χ3v) is 5.61. The van der Waals surface area contributed by atoms with E-state index < -0.39 is 11.6 Å². The molecule has 0 bridgehead atoms. The Bertz CT molecular complexity index is 807. The molecule has 1 heterocycles. The van der Waals surface area contributed by atoms with Gasteiger partial charge in [-0.05, 0) is 36.8 Å². The number of benzene rings is 2. The summed E-state index contributed by atoms with van der Waals surface area (Å²) in [5.74, 6) is -0.0739. The first-order chi connectivity index (χ1) is 13.4. The van der Waals surface area contributed by atoms with Crippen LogP contribution in [0.5, 0.6) is 5.75 Å². The van der Waals surface area contributed by atoms with Crippen LogP contribution in [0.2, 0.25) is 10.0 Å². The minimum absolute atomic E-state index is 0.132. The second kappa shape index (κ2) is 9.14. The van der Waals surface area contributed by atoms with Gasteiger partial charge < -0.3 is 14.6 Å². The Morgan fingerprint density at radius 2 is 1.89 bits per heavy atom. The minimum Gasteiger partial charge on any atom is -0.489 e. The van der Waals surface area contributed by atoms with E-state index in [1.165, 1.54) is 0 Å². The molecular weight excluding hydrogens is 401 g/mol. The van der Waals surface area contributed by atoms with Gasteiger partial charge in [-0.1, -0.05) is 41.4 Å². The largest absolute Gasteiger partial charge is 0.489 e. The molecule has 0 radical (unpaired) electrons. The Balaban J connectivity index is 1.64. The highest BCUT2D eigenvalue weighted by atomic mass is 35.5. The fourth-order valence-electron chi connectivity index (χ4n) is 3.30. The molecule has 1 saturated heterocycles. The Hall–Kier alpha value is -1.79. The van der Waals surface area contributed by atoms with Crippen molar-refractivity contribution in [3.8, 4) is 5.75 Å². The predicted octanol–water partition coefficient (Wildman–Crippen LogP) is 4.59. The lowest BCUT2D eigenvalue weighted by Gasteiger charge is -2.40. The number of ether oxygens (including phenoxy) is 2. The summed E-state index contributed by atoms with van der Waals surface area (Å²) < 4.78 is 11.9. The summed E-state index contributed by atoms with van der Waals surface area (Å²) in [5.41, 5.74) is 1.30. The van der Waals surface area contributed by atoms with Crippen molar-refractivity contribution in [3.63, 3.8) is 0 Å². The van der Waals surface area contributed by atoms with Crippen LogP contribution in [0.4, 0.5) is 0 Å². The summed E-state index contributed by atoms with van der Waals surface area (Å²) in [7, 11) is 0. The topological polar surface area (TPSA) is 59.0 Å². The number of halogens is 2. The van der Waals surface area contributed by atoms with E-state index in [4.69, 9.17) is 37.8 Å². The smallest absolute Gasteiger partial charge is 0.304 e. The highest BCUT2D eigenvalue weighted by Gasteiger charge is 2.33. The van der Waals surface area contributed by atoms with Crippen molar-refractivity contribution in [1.29, 1.82) is 0 Å². The van der Waals surface area contributed by atoms with Gasteiger partial charge in [0.1, 0.15) is 18.0 Å². The van der Waals surface area contributed by atoms with Crippen LogP contribution in [0.15, 0.2) is 42.5 Å². The molecule has 1 atom stereocenters. The van der Waals surface area contributed by atoms with Crippen molar-refractivity contribution < 1.29 is 19.4 Å². The molecule has 150 valence electrons. The zero-order valence-corrected chi connectivity index (χ0v) is 17.2. The van der Waals surface area contributed by atoms with E-state index in [-0.39, 0.29) is 13.0 Å². The first-order valence-corrected chi connectivity index (χ1v) is 9.87. The van der Waals surface area contributed by atoms with Crippen molar-refractivity contribution in [2.75, 3.05) is 26.2 Å². The Labute approximate surface area is 174 Å². The van der Waals surface area contributed by atoms with Gasteiger partial charge in [-0.2, -0.15) is 0 Å². The monoisotopic (exact) mass is 423 g/mol. The molecule has 1 aliphatic rings. The van der Waals surface area contributed by atoms with E-state index in [0.29, 0.717) is 35.5 Å². The molecule has 1 N–H and O–H groups in total. The normalized spacial score (nSPS) is 20.1. The molecule has 5 nitrogen and oxygen atoms in total. The molecule has 0 aliphatic carbocycles. The van der Waals surface area contributed by atoms with E-state index in [0.717, 1.165) is 17.7 Å². The quantitative estimate of drug-likeness (QED) is 0.705. The maximum Gasteiger partial charge on any atom is 0.304 e. The van der Waals surface area contributed by atoms with Crippen LogP contribution in [0.3, 0.4) is 0 Å². The lowest BCUT2D eigenvalue weighted by atomic mass is 9.93. The van der Waals surface area contributed by atoms with Crippen LogP contribution in [0, 0.1) is 0 Å². The summed E-state index contributed by atoms with van der Waals surface area (Å²) in [4.78, 5) is 13.0. The average Bonchev–Trinajstić information content (AvgIpc) is 2.66. The number of carboxylic acids is 1. The summed E-state index contributed by atoms with van der Waals surface area (Å²) in [5, 5.41) is 10.1. The zero-order valence-electron chi connectivity index (χ0n) is 15.7. The van der Waals surface area contributed by atoms with Crippen molar-refractivity contribution in [1.82, 2.24) is 4.90 Å². The summed E-state index contributed by atoms with van der Waals surface area (Å²) >= 11 is 12.4. The number of hydrogen-bond acceptors (Lipinski definition) is 4. The van der Waals surface area contributed by atoms with Crippen molar-refractivity contribution >= 4 is 29.2 Å². The average molecular weight is 424 g/mol. The van der Waals surface area contributed by atoms with Gasteiger partial charge in [0.05, 0.1) is 13.0 Å². The highest BCUT2D eigenvalue weighted by Crippen LogP contribution is 2.31. The van der Waals surface area contributed by atoms with Crippen LogP contribution in [-0.4, -0.2) is 42.2 Å². The maximum atomic E-state index is 10.8. The van der Waals surface area contributed by atoms with Gasteiger partial charge in [0.25, 0.3) is 0 Å². The van der Waals surface area contributed by atoms with Gasteiger partial charge in [0, 0.05) is 35.2 Å². The number of carbonyl (C=O) groups is 1. The van der Waals surface area contributed by atoms with Gasteiger partial charge in [0.2, 0.25) is 0 Å². The molecule has 2 aromatic carbocycles. The molecule has 0 aromatic heterocycles. The Kier molecular flexibility index (Phi) is 6.83. The van der Waals surface area contributed by atoms with Gasteiger partial charge in [0.15, 0.2) is 0 Å². The summed E-state index contributed by atoms with van der Waals surface area (Å²) in [6.07, 6.45) is 0.132. The number of rotatable bonds is 7. The molecule has 28 heavy (non-hydrogen) atoms. The molecule has 1 aliphatic heterocycles. The number of hydrogen-bond donors (Lipinski definition) is 1. The Morgan fingerprint density at radius 1 is 1.21 bits per heavy atom. The Morgan fingerprint density at radius 3 is 2.54 bits per heavy atom. The van der Waals surface area contributed by atoms with Crippen LogP contribution in [0.1, 0.15) is 24.5 Å². The van der Waals surface area contributed by atoms with E-state index in [9.17, 15) is 4.79 Å². The molecule has 1 unspecified atom stereocenters. The third-order valence-electron chi connectivity index (χ3n) is 4.91. The second-order valence-electron chi connectivity index (χ2n) is 7.01. The first kappa shape index (κ1) is 20.9. The van der Waals surface area contributed by atoms with Crippen LogP contribution < -0.4 is 4.74 Å². The molecule has 3 rings (SSSR count). The minimum atomic E-state index is -0.784. The molecule has 7 heteroatoms. The van der Waals surface area contributed by atoms with Gasteiger partial charge >= 0.3 is 5.97 Å². The molecule has 0 amide bonds. The van der Waals surface area contributed by atoms with Gasteiger partial charge in [-0.15, -0.1) is 0 Å². The number of aliphatic carboxylic acids is 1. The fourth-order valence-corrected chi connectivity index (χ4v) is 3.81. The SMILES string of the molecule is CC1(c2ccc(OCc3c(Cl)cccc3Cl)cc2)CN(CCC(=O)O)CCO1. The molecule has 0 spiro atoms. The lowest BCUT2D eigenvalue weighted by Crippen LogP contribution is -2.48. The third kappa shape index (κ3) is 5.17. The van der Waals surface area contributed by atoms with E-state index >= 15 is 0 Å². The summed E-state index contributed by atoms with van der Waals surface area (Å²) in [6.45, 7) is 4.79. The van der Waals surface area contributed by atoms with E-state index in [1.807, 2.05) is 31.2 Å². The van der Waals surface area contributed by atoms with Crippen LogP contribution in [0.25, 0.3) is 0 Å². The fraction of sp³-hybridized carbons (Fsp3) is 0.381. The van der Waals surface area contributed by atoms with Crippen LogP contribution in [-0.2, 0) is 21.7 Å². The molecular formula is C21H23Cl2NO4. The number of carboxylic acid groups (broad SMARTS) is 1. The maximum absolute atomic E-state index is 10.8. The van der Waals surface area contributed by atoms with Crippen molar-refractivity contribution in [2.24, 2.45) is 0 Å². The first-order valence-electron chi connectivity index (χ1n) is 9.12. The van der Waals surface area contributed by atoms with Crippen molar-refractivity contribution in [3.05, 3.63) is 63.6 Å². The number of morpholine rings is 1. The van der Waals surface area contributed by atoms with Gasteiger partial charge in [-0.25, -0.2) is 0 Å². The summed E-state index contributed by atoms with van der Waals surface area (Å²) in [6, 6.07) is 13.1. The zero-order chi connectivity index (χ0) is 20.1. The predicted molar refractivity (Wildman–Crippen MR) is 109 cm³/mol. The highest BCUT2D eigenvalue weighted by molar-refractivity contribution is 6.35. The van der Waals surface area contributed by atoms with Gasteiger partial charge in [-0.3, -0.25) is 9.69 Å². The van der Waals surface area contributed by atoms with Crippen molar-refractivity contribution in [2.45, 2.75) is 25.6 Å². The molecule has 2 aromatic rings. The lowest BCUT2D eigenvalue weighted by molar-refractivity contribution is -0.139. The number of nitrogens with zero attached hydrogens (tertiary/aromatic N) is 1. The second-order valence-corrected chi connectivity index (χ2v) is 7.83. The van der Waals surface area contributed by atoms with E-state index in [2.05, 4.69) is 4.90 Å². The van der Waals surface area contributed by atoms with Crippen LogP contribution >= 0.6 is 23.2 Å². The van der Waals surface area contributed by atoms with E-state index in [1.54, 1.807) is 18.2 Å². The molecule has 0 saturated carbocycles. The molecule has 1 fully saturated rings. The standard InChI is InChI=1S/C21H23Cl2NO4/c1-21(14-24(11-12-28-21)10-9-20(25)26)15-5-7-16(8-6-15)27-13-17-18(22)3-2-4-19(17)23/h2-8H,9-14H2,1H3,(H,25,26).